The highest BCUT2D eigenvalue weighted by Gasteiger charge is 2.07. The van der Waals surface area contributed by atoms with Crippen molar-refractivity contribution in [3.63, 3.8) is 0 Å². The molecule has 0 radical (unpaired) electrons. The van der Waals surface area contributed by atoms with Crippen molar-refractivity contribution in [1.82, 2.24) is 25.2 Å². The molecule has 2 amide bonds. The third kappa shape index (κ3) is 4.42. The van der Waals surface area contributed by atoms with Gasteiger partial charge in [-0.1, -0.05) is 6.07 Å². The Hall–Kier alpha value is -2.37. The van der Waals surface area contributed by atoms with Gasteiger partial charge in [0.05, 0.1) is 18.6 Å². The van der Waals surface area contributed by atoms with Crippen molar-refractivity contribution in [2.24, 2.45) is 0 Å². The molecule has 0 bridgehead atoms. The van der Waals surface area contributed by atoms with Crippen molar-refractivity contribution in [3.05, 3.63) is 48.8 Å². The van der Waals surface area contributed by atoms with Crippen LogP contribution in [0.3, 0.4) is 0 Å². The van der Waals surface area contributed by atoms with Crippen LogP contribution in [0.4, 0.5) is 4.79 Å². The van der Waals surface area contributed by atoms with Crippen LogP contribution in [0.5, 0.6) is 0 Å². The van der Waals surface area contributed by atoms with Gasteiger partial charge in [0, 0.05) is 31.2 Å². The molecule has 0 aromatic carbocycles. The summed E-state index contributed by atoms with van der Waals surface area (Å²) in [6.07, 6.45) is 7.01. The monoisotopic (exact) mass is 259 g/mol. The summed E-state index contributed by atoms with van der Waals surface area (Å²) in [6.45, 7) is 3.06. The standard InChI is InChI=1S/C13H17N5O/c1-11(9-18-7-6-14-10-18)17-13(19)16-8-12-4-2-3-5-15-12/h2-7,10-11H,8-9H2,1H3,(H2,16,17,19)/t11-/m0/s1. The van der Waals surface area contributed by atoms with Crippen molar-refractivity contribution < 1.29 is 4.79 Å². The van der Waals surface area contributed by atoms with Crippen LogP contribution in [0.15, 0.2) is 43.1 Å². The predicted molar refractivity (Wildman–Crippen MR) is 71.3 cm³/mol. The lowest BCUT2D eigenvalue weighted by atomic mass is 10.3. The van der Waals surface area contributed by atoms with Crippen LogP contribution in [0.25, 0.3) is 0 Å². The minimum atomic E-state index is -0.196. The fourth-order valence-electron chi connectivity index (χ4n) is 1.70. The zero-order valence-electron chi connectivity index (χ0n) is 10.8. The molecule has 0 aliphatic carbocycles. The van der Waals surface area contributed by atoms with Crippen LogP contribution in [0.2, 0.25) is 0 Å². The van der Waals surface area contributed by atoms with E-state index in [1.54, 1.807) is 18.7 Å². The summed E-state index contributed by atoms with van der Waals surface area (Å²) < 4.78 is 1.92. The van der Waals surface area contributed by atoms with E-state index in [-0.39, 0.29) is 12.1 Å². The molecule has 6 heteroatoms. The number of amides is 2. The maximum absolute atomic E-state index is 11.7. The van der Waals surface area contributed by atoms with Gasteiger partial charge < -0.3 is 15.2 Å². The minimum absolute atomic E-state index is 0.0259. The zero-order chi connectivity index (χ0) is 13.5. The first-order valence-corrected chi connectivity index (χ1v) is 6.14. The molecule has 100 valence electrons. The zero-order valence-corrected chi connectivity index (χ0v) is 10.8. The molecule has 2 heterocycles. The molecule has 0 saturated carbocycles. The third-order valence-corrected chi connectivity index (χ3v) is 2.58. The average molecular weight is 259 g/mol. The van der Waals surface area contributed by atoms with Gasteiger partial charge in [0.15, 0.2) is 0 Å². The molecule has 0 unspecified atom stereocenters. The number of carbonyl (C=O) groups excluding carboxylic acids is 1. The number of carbonyl (C=O) groups is 1. The number of aromatic nitrogens is 3. The van der Waals surface area contributed by atoms with E-state index < -0.39 is 0 Å². The molecule has 2 aromatic heterocycles. The number of imidazole rings is 1. The topological polar surface area (TPSA) is 71.8 Å². The fraction of sp³-hybridized carbons (Fsp3) is 0.308. The Morgan fingerprint density at radius 3 is 3.00 bits per heavy atom. The Morgan fingerprint density at radius 2 is 2.32 bits per heavy atom. The molecule has 0 saturated heterocycles. The summed E-state index contributed by atoms with van der Waals surface area (Å²) in [6, 6.07) is 5.44. The number of rotatable bonds is 5. The van der Waals surface area contributed by atoms with Gasteiger partial charge in [0.25, 0.3) is 0 Å². The normalized spacial score (nSPS) is 11.8. The second kappa shape index (κ2) is 6.53. The molecule has 1 atom stereocenters. The number of nitrogens with one attached hydrogen (secondary N) is 2. The van der Waals surface area contributed by atoms with Gasteiger partial charge in [-0.25, -0.2) is 9.78 Å². The largest absolute Gasteiger partial charge is 0.335 e. The first-order valence-electron chi connectivity index (χ1n) is 6.14. The molecule has 0 aliphatic heterocycles. The summed E-state index contributed by atoms with van der Waals surface area (Å²) in [5, 5.41) is 5.63. The molecule has 19 heavy (non-hydrogen) atoms. The first-order chi connectivity index (χ1) is 9.24. The smallest absolute Gasteiger partial charge is 0.315 e. The second-order valence-corrected chi connectivity index (χ2v) is 4.31. The van der Waals surface area contributed by atoms with Gasteiger partial charge in [-0.05, 0) is 19.1 Å². The summed E-state index contributed by atoms with van der Waals surface area (Å²) in [4.78, 5) is 19.8. The highest BCUT2D eigenvalue weighted by atomic mass is 16.2. The van der Waals surface area contributed by atoms with E-state index in [2.05, 4.69) is 20.6 Å². The highest BCUT2D eigenvalue weighted by molar-refractivity contribution is 5.74. The number of urea groups is 1. The van der Waals surface area contributed by atoms with E-state index in [0.717, 1.165) is 5.69 Å². The van der Waals surface area contributed by atoms with E-state index in [0.29, 0.717) is 13.1 Å². The van der Waals surface area contributed by atoms with E-state index in [1.807, 2.05) is 35.9 Å². The molecule has 6 nitrogen and oxygen atoms in total. The van der Waals surface area contributed by atoms with E-state index in [9.17, 15) is 4.79 Å². The molecule has 0 aliphatic rings. The maximum atomic E-state index is 11.7. The van der Waals surface area contributed by atoms with Gasteiger partial charge in [0.1, 0.15) is 0 Å². The Bertz CT molecular complexity index is 497. The van der Waals surface area contributed by atoms with Crippen LogP contribution < -0.4 is 10.6 Å². The van der Waals surface area contributed by atoms with Crippen molar-refractivity contribution in [2.45, 2.75) is 26.1 Å². The van der Waals surface area contributed by atoms with Gasteiger partial charge >= 0.3 is 6.03 Å². The van der Waals surface area contributed by atoms with E-state index in [1.165, 1.54) is 0 Å². The number of nitrogens with zero attached hydrogens (tertiary/aromatic N) is 3. The van der Waals surface area contributed by atoms with Gasteiger partial charge in [0.2, 0.25) is 0 Å². The SMILES string of the molecule is C[C@@H](Cn1ccnc1)NC(=O)NCc1ccccn1. The Balaban J connectivity index is 1.72. The van der Waals surface area contributed by atoms with Crippen LogP contribution in [0, 0.1) is 0 Å². The summed E-state index contributed by atoms with van der Waals surface area (Å²) in [5.74, 6) is 0. The molecule has 0 spiro atoms. The lowest BCUT2D eigenvalue weighted by molar-refractivity contribution is 0.236. The lowest BCUT2D eigenvalue weighted by Gasteiger charge is -2.14. The molecule has 2 aromatic rings. The van der Waals surface area contributed by atoms with Gasteiger partial charge in [-0.2, -0.15) is 0 Å². The molecular formula is C13H17N5O. The van der Waals surface area contributed by atoms with Crippen LogP contribution in [0.1, 0.15) is 12.6 Å². The number of pyridine rings is 1. The van der Waals surface area contributed by atoms with Crippen molar-refractivity contribution in [3.8, 4) is 0 Å². The Morgan fingerprint density at radius 1 is 1.42 bits per heavy atom. The van der Waals surface area contributed by atoms with Crippen LogP contribution >= 0.6 is 0 Å². The summed E-state index contributed by atoms with van der Waals surface area (Å²) in [5.41, 5.74) is 0.833. The van der Waals surface area contributed by atoms with Crippen LogP contribution in [-0.4, -0.2) is 26.6 Å². The third-order valence-electron chi connectivity index (χ3n) is 2.58. The van der Waals surface area contributed by atoms with Crippen molar-refractivity contribution in [1.29, 1.82) is 0 Å². The summed E-state index contributed by atoms with van der Waals surface area (Å²) in [7, 11) is 0. The molecule has 2 N–H and O–H groups in total. The maximum Gasteiger partial charge on any atom is 0.315 e. The Kier molecular flexibility index (Phi) is 4.49. The van der Waals surface area contributed by atoms with E-state index >= 15 is 0 Å². The predicted octanol–water partition coefficient (Wildman–Crippen LogP) is 1.17. The second-order valence-electron chi connectivity index (χ2n) is 4.31. The van der Waals surface area contributed by atoms with Crippen LogP contribution in [-0.2, 0) is 13.1 Å². The van der Waals surface area contributed by atoms with Crippen molar-refractivity contribution >= 4 is 6.03 Å². The molecule has 0 fully saturated rings. The number of hydrogen-bond donors (Lipinski definition) is 2. The average Bonchev–Trinajstić information content (AvgIpc) is 2.90. The minimum Gasteiger partial charge on any atom is -0.335 e. The molecular weight excluding hydrogens is 242 g/mol. The van der Waals surface area contributed by atoms with E-state index in [4.69, 9.17) is 0 Å². The van der Waals surface area contributed by atoms with Gasteiger partial charge in [-0.15, -0.1) is 0 Å². The lowest BCUT2D eigenvalue weighted by Crippen LogP contribution is -2.42. The van der Waals surface area contributed by atoms with Gasteiger partial charge in [-0.3, -0.25) is 4.98 Å². The highest BCUT2D eigenvalue weighted by Crippen LogP contribution is 1.93. The van der Waals surface area contributed by atoms with Crippen molar-refractivity contribution in [2.75, 3.05) is 0 Å². The fourth-order valence-corrected chi connectivity index (χ4v) is 1.70. The quantitative estimate of drug-likeness (QED) is 0.846. The number of hydrogen-bond acceptors (Lipinski definition) is 3. The first kappa shape index (κ1) is 13.1. The Labute approximate surface area is 111 Å². The molecule has 2 rings (SSSR count). The summed E-state index contributed by atoms with van der Waals surface area (Å²) >= 11 is 0.